The third-order valence-corrected chi connectivity index (χ3v) is 4.12. The Morgan fingerprint density at radius 1 is 1.26 bits per heavy atom. The number of nitrogens with zero attached hydrogens (tertiary/aromatic N) is 1. The van der Waals surface area contributed by atoms with Crippen LogP contribution in [0.1, 0.15) is 25.5 Å². The number of carbonyl (C=O) groups excluding carboxylic acids is 1. The Bertz CT molecular complexity index is 406. The van der Waals surface area contributed by atoms with Crippen molar-refractivity contribution in [1.82, 2.24) is 10.2 Å². The number of nitrogens with one attached hydrogen (secondary N) is 1. The smallest absolute Gasteiger partial charge is 0.226 e. The van der Waals surface area contributed by atoms with Gasteiger partial charge in [-0.25, -0.2) is 0 Å². The predicted octanol–water partition coefficient (Wildman–Crippen LogP) is 2.48. The summed E-state index contributed by atoms with van der Waals surface area (Å²) in [4.78, 5) is 14.3. The van der Waals surface area contributed by atoms with Gasteiger partial charge < -0.3 is 10.2 Å². The molecule has 1 heterocycles. The lowest BCUT2D eigenvalue weighted by atomic mass is 9.87. The quantitative estimate of drug-likeness (QED) is 0.920. The van der Waals surface area contributed by atoms with Crippen LogP contribution in [0.3, 0.4) is 0 Å². The molecule has 1 fully saturated rings. The van der Waals surface area contributed by atoms with Crippen molar-refractivity contribution in [3.8, 4) is 0 Å². The van der Waals surface area contributed by atoms with E-state index in [0.29, 0.717) is 5.92 Å². The van der Waals surface area contributed by atoms with E-state index in [-0.39, 0.29) is 30.3 Å². The Morgan fingerprint density at radius 3 is 2.32 bits per heavy atom. The fraction of sp³-hybridized carbons (Fsp3) is 0.533. The zero-order chi connectivity index (χ0) is 13.1. The molecule has 0 saturated carbocycles. The molecule has 1 amide bonds. The van der Waals surface area contributed by atoms with Crippen LogP contribution < -0.4 is 5.32 Å². The Kier molecular flexibility index (Phi) is 5.83. The molecule has 0 aliphatic carbocycles. The summed E-state index contributed by atoms with van der Waals surface area (Å²) in [7, 11) is 1.91. The third-order valence-electron chi connectivity index (χ3n) is 4.12. The number of halogens is 1. The Balaban J connectivity index is 0.00000180. The lowest BCUT2D eigenvalue weighted by Crippen LogP contribution is -2.50. The van der Waals surface area contributed by atoms with Crippen LogP contribution in [0.25, 0.3) is 0 Å². The molecule has 0 radical (unpaired) electrons. The highest BCUT2D eigenvalue weighted by Gasteiger charge is 2.31. The lowest BCUT2D eigenvalue weighted by molar-refractivity contribution is -0.138. The maximum absolute atomic E-state index is 12.4. The van der Waals surface area contributed by atoms with E-state index in [0.717, 1.165) is 13.1 Å². The second-order valence-corrected chi connectivity index (χ2v) is 5.24. The maximum Gasteiger partial charge on any atom is 0.226 e. The summed E-state index contributed by atoms with van der Waals surface area (Å²) in [6.45, 7) is 6.07. The largest absolute Gasteiger partial charge is 0.339 e. The zero-order valence-corrected chi connectivity index (χ0v) is 12.6. The van der Waals surface area contributed by atoms with Crippen LogP contribution in [-0.2, 0) is 4.79 Å². The molecule has 2 rings (SSSR count). The van der Waals surface area contributed by atoms with Crippen molar-refractivity contribution in [2.75, 3.05) is 20.1 Å². The van der Waals surface area contributed by atoms with Crippen molar-refractivity contribution in [1.29, 1.82) is 0 Å². The molecule has 1 aromatic carbocycles. The Morgan fingerprint density at radius 2 is 1.84 bits per heavy atom. The average Bonchev–Trinajstić information content (AvgIpc) is 2.35. The minimum Gasteiger partial charge on any atom is -0.339 e. The normalized spacial score (nSPS) is 17.8. The van der Waals surface area contributed by atoms with Gasteiger partial charge in [0, 0.05) is 13.0 Å². The number of amides is 1. The SMILES string of the molecule is CC(C(=O)N(C)C(C)c1ccccc1)C1CNC1.Cl. The van der Waals surface area contributed by atoms with Crippen molar-refractivity contribution >= 4 is 18.3 Å². The van der Waals surface area contributed by atoms with E-state index >= 15 is 0 Å². The molecule has 19 heavy (non-hydrogen) atoms. The molecular weight excluding hydrogens is 260 g/mol. The van der Waals surface area contributed by atoms with Gasteiger partial charge >= 0.3 is 0 Å². The van der Waals surface area contributed by atoms with E-state index in [4.69, 9.17) is 0 Å². The van der Waals surface area contributed by atoms with Crippen molar-refractivity contribution < 1.29 is 4.79 Å². The van der Waals surface area contributed by atoms with Gasteiger partial charge in [0.25, 0.3) is 0 Å². The number of benzene rings is 1. The highest BCUT2D eigenvalue weighted by Crippen LogP contribution is 2.24. The molecule has 3 nitrogen and oxygen atoms in total. The van der Waals surface area contributed by atoms with Gasteiger partial charge in [-0.05, 0) is 31.5 Å². The first-order valence-corrected chi connectivity index (χ1v) is 6.63. The maximum atomic E-state index is 12.4. The first-order chi connectivity index (χ1) is 8.61. The molecule has 4 heteroatoms. The van der Waals surface area contributed by atoms with Crippen LogP contribution in [0.4, 0.5) is 0 Å². The van der Waals surface area contributed by atoms with Crippen molar-refractivity contribution in [3.63, 3.8) is 0 Å². The van der Waals surface area contributed by atoms with Gasteiger partial charge in [-0.15, -0.1) is 12.4 Å². The van der Waals surface area contributed by atoms with Crippen molar-refractivity contribution in [3.05, 3.63) is 35.9 Å². The van der Waals surface area contributed by atoms with E-state index in [2.05, 4.69) is 24.4 Å². The molecule has 0 bridgehead atoms. The van der Waals surface area contributed by atoms with Crippen LogP contribution >= 0.6 is 12.4 Å². The summed E-state index contributed by atoms with van der Waals surface area (Å²) >= 11 is 0. The number of carbonyl (C=O) groups is 1. The van der Waals surface area contributed by atoms with Gasteiger partial charge in [-0.1, -0.05) is 37.3 Å². The lowest BCUT2D eigenvalue weighted by Gasteiger charge is -2.35. The minimum atomic E-state index is 0. The second kappa shape index (κ2) is 6.92. The number of rotatable bonds is 4. The summed E-state index contributed by atoms with van der Waals surface area (Å²) in [6.07, 6.45) is 0. The number of hydrogen-bond acceptors (Lipinski definition) is 2. The van der Waals surface area contributed by atoms with Crippen molar-refractivity contribution in [2.24, 2.45) is 11.8 Å². The first kappa shape index (κ1) is 16.0. The van der Waals surface area contributed by atoms with Crippen LogP contribution in [0.2, 0.25) is 0 Å². The topological polar surface area (TPSA) is 32.3 Å². The summed E-state index contributed by atoms with van der Waals surface area (Å²) in [6, 6.07) is 10.3. The minimum absolute atomic E-state index is 0. The zero-order valence-electron chi connectivity index (χ0n) is 11.8. The van der Waals surface area contributed by atoms with Crippen LogP contribution in [-0.4, -0.2) is 30.9 Å². The molecule has 0 spiro atoms. The van der Waals surface area contributed by atoms with Gasteiger partial charge in [-0.3, -0.25) is 4.79 Å². The standard InChI is InChI=1S/C15H22N2O.ClH/c1-11(14-9-16-10-14)15(18)17(3)12(2)13-7-5-4-6-8-13;/h4-8,11-12,14,16H,9-10H2,1-3H3;1H. The molecule has 1 saturated heterocycles. The van der Waals surface area contributed by atoms with Crippen LogP contribution in [0, 0.1) is 11.8 Å². The molecular formula is C15H23ClN2O. The van der Waals surface area contributed by atoms with E-state index in [1.165, 1.54) is 5.56 Å². The van der Waals surface area contributed by atoms with Crippen LogP contribution in [0.15, 0.2) is 30.3 Å². The first-order valence-electron chi connectivity index (χ1n) is 6.63. The monoisotopic (exact) mass is 282 g/mol. The fourth-order valence-corrected chi connectivity index (χ4v) is 2.33. The molecule has 1 aromatic rings. The molecule has 106 valence electrons. The van der Waals surface area contributed by atoms with E-state index in [1.807, 2.05) is 37.1 Å². The second-order valence-electron chi connectivity index (χ2n) is 5.24. The highest BCUT2D eigenvalue weighted by atomic mass is 35.5. The van der Waals surface area contributed by atoms with Crippen molar-refractivity contribution in [2.45, 2.75) is 19.9 Å². The molecule has 1 aliphatic rings. The summed E-state index contributed by atoms with van der Waals surface area (Å²) in [5, 5.41) is 3.23. The molecule has 2 atom stereocenters. The highest BCUT2D eigenvalue weighted by molar-refractivity contribution is 5.85. The van der Waals surface area contributed by atoms with E-state index < -0.39 is 0 Å². The van der Waals surface area contributed by atoms with Gasteiger partial charge in [-0.2, -0.15) is 0 Å². The molecule has 1 N–H and O–H groups in total. The Hall–Kier alpha value is -1.06. The number of hydrogen-bond donors (Lipinski definition) is 1. The molecule has 1 aliphatic heterocycles. The predicted molar refractivity (Wildman–Crippen MR) is 80.4 cm³/mol. The summed E-state index contributed by atoms with van der Waals surface area (Å²) < 4.78 is 0. The van der Waals surface area contributed by atoms with E-state index in [9.17, 15) is 4.79 Å². The van der Waals surface area contributed by atoms with Crippen LogP contribution in [0.5, 0.6) is 0 Å². The van der Waals surface area contributed by atoms with Gasteiger partial charge in [0.15, 0.2) is 0 Å². The average molecular weight is 283 g/mol. The fourth-order valence-electron chi connectivity index (χ4n) is 2.33. The van der Waals surface area contributed by atoms with Gasteiger partial charge in [0.05, 0.1) is 6.04 Å². The summed E-state index contributed by atoms with van der Waals surface area (Å²) in [5.41, 5.74) is 1.19. The van der Waals surface area contributed by atoms with Gasteiger partial charge in [0.2, 0.25) is 5.91 Å². The molecule has 0 aromatic heterocycles. The Labute approximate surface area is 121 Å². The van der Waals surface area contributed by atoms with E-state index in [1.54, 1.807) is 0 Å². The third kappa shape index (κ3) is 3.48. The molecule has 2 unspecified atom stereocenters. The summed E-state index contributed by atoms with van der Waals surface area (Å²) in [5.74, 6) is 0.864. The van der Waals surface area contributed by atoms with Gasteiger partial charge in [0.1, 0.15) is 0 Å².